The fourth-order valence-electron chi connectivity index (χ4n) is 20.9. The van der Waals surface area contributed by atoms with E-state index in [1.165, 1.54) is 29.2 Å². The molecule has 6 aliphatic rings. The van der Waals surface area contributed by atoms with Gasteiger partial charge in [-0.15, -0.1) is 0 Å². The first kappa shape index (κ1) is 95.0. The van der Waals surface area contributed by atoms with Gasteiger partial charge in [0.15, 0.2) is 0 Å². The molecule has 6 amide bonds. The lowest BCUT2D eigenvalue weighted by molar-refractivity contribution is -0.165. The van der Waals surface area contributed by atoms with Crippen molar-refractivity contribution in [2.75, 3.05) is 0 Å². The second-order valence-corrected chi connectivity index (χ2v) is 37.9. The SMILES string of the molecule is C=CC(=O)OC1CCCC(N(C(=O)C(CC)N2C(=O)c3cc(Oc4ccc(C(C)C)cc4C)c4c5c(Oc6ccc(C(C)C)cc6C)cc6c7c(cc(Oc8ccc(C(C)C)cc8C)c(c8c(Oc9ccc(C(C)C)cc9C)cc(c3c48)C2=O)c75)C(=O)N(C(CC(F)(F)F)C(=O)N(C2CCCC(OC(=O)C=C)C2)C2CCCC(OC(=O)C=C)C2)C6=O)C2CCCC(OC(=O)C=C)C2)C1. The highest BCUT2D eigenvalue weighted by Gasteiger charge is 2.53. The number of halogens is 3. The Labute approximate surface area is 773 Å². The highest BCUT2D eigenvalue weighted by Crippen LogP contribution is 2.60. The summed E-state index contributed by atoms with van der Waals surface area (Å²) >= 11 is 0. The van der Waals surface area contributed by atoms with Gasteiger partial charge in [-0.3, -0.25) is 38.6 Å². The minimum absolute atomic E-state index is 0.00499. The Morgan fingerprint density at radius 2 is 0.602 bits per heavy atom. The lowest BCUT2D eigenvalue weighted by atomic mass is 9.80. The fourth-order valence-corrected chi connectivity index (χ4v) is 20.9. The summed E-state index contributed by atoms with van der Waals surface area (Å²) in [7, 11) is 0. The van der Waals surface area contributed by atoms with Gasteiger partial charge in [0.05, 0.1) is 28.7 Å². The van der Waals surface area contributed by atoms with Crippen molar-refractivity contribution in [2.24, 2.45) is 0 Å². The van der Waals surface area contributed by atoms with Crippen molar-refractivity contribution in [3.8, 4) is 46.0 Å². The number of carbonyl (C=O) groups is 10. The summed E-state index contributed by atoms with van der Waals surface area (Å²) in [6.45, 7) is 39.8. The molecule has 0 radical (unpaired) electrons. The van der Waals surface area contributed by atoms with Crippen LogP contribution >= 0.6 is 0 Å². The van der Waals surface area contributed by atoms with E-state index in [2.05, 4.69) is 26.3 Å². The molecular weight excluding hydrogens is 1700 g/mol. The van der Waals surface area contributed by atoms with E-state index < -0.39 is 144 Å². The van der Waals surface area contributed by atoms with Gasteiger partial charge in [0, 0.05) is 117 Å². The summed E-state index contributed by atoms with van der Waals surface area (Å²) < 4.78 is 103. The monoisotopic (exact) mass is 1810 g/mol. The smallest absolute Gasteiger partial charge is 0.391 e. The number of hydrogen-bond acceptors (Lipinski definition) is 18. The number of carbonyl (C=O) groups excluding carboxylic acids is 10. The Morgan fingerprint density at radius 1 is 0.361 bits per heavy atom. The summed E-state index contributed by atoms with van der Waals surface area (Å²) in [5.74, 6) is -8.51. The van der Waals surface area contributed by atoms with Crippen LogP contribution < -0.4 is 18.9 Å². The molecule has 25 heteroatoms. The molecule has 10 unspecified atom stereocenters. The number of aryl methyl sites for hydroxylation is 4. The van der Waals surface area contributed by atoms with E-state index in [-0.39, 0.29) is 169 Å². The van der Waals surface area contributed by atoms with Crippen LogP contribution in [0.25, 0.3) is 43.1 Å². The molecule has 133 heavy (non-hydrogen) atoms. The molecule has 698 valence electrons. The van der Waals surface area contributed by atoms with Crippen LogP contribution in [-0.4, -0.2) is 146 Å². The molecule has 0 saturated heterocycles. The maximum absolute atomic E-state index is 17.2. The third-order valence-electron chi connectivity index (χ3n) is 27.6. The molecule has 10 atom stereocenters. The van der Waals surface area contributed by atoms with Crippen molar-refractivity contribution in [2.45, 2.75) is 296 Å². The lowest BCUT2D eigenvalue weighted by Crippen LogP contribution is -2.61. The summed E-state index contributed by atoms with van der Waals surface area (Å²) in [5, 5.41) is 0.449. The van der Waals surface area contributed by atoms with Crippen molar-refractivity contribution >= 4 is 102 Å². The zero-order valence-electron chi connectivity index (χ0n) is 78.0. The standard InChI is InChI=1S/C108H117F3N4O18/c1-18-80(106(124)112(68-27-23-31-72(47-68)126-90(116)19-2)69-28-24-32-73(48-69)127-91(117)20-3)114-102(120)76-51-86(130-82-39-35-64(56(6)7)43-60(82)14)96-98-88(132-84-41-37-66(58(10)11)45-62(84)16)53-78-95-79(105(123)115(104(78)122)81(55-108(109,110)111)107(125)113(70-29-25-33-74(49-70)128-92(118)21-4)71-30-26-34-75(50-71)129-93(119)22-5)54-89(133-85-42-38-67(59(12)13)46-63(85)17)99(101(95)98)97-87(52-77(103(114)121)94(76)100(96)97)131-83-40-36-65(57(8)9)44-61(83)15/h19-22,35-46,51-54,56-59,68-75,80-81H,2-5,18,23-34,47-50,55H2,1,6-17H3. The van der Waals surface area contributed by atoms with E-state index >= 15 is 41.9 Å². The first-order chi connectivity index (χ1) is 63.4. The summed E-state index contributed by atoms with van der Waals surface area (Å²) in [4.78, 5) is 159. The Hall–Kier alpha value is -12.7. The molecule has 4 fully saturated rings. The van der Waals surface area contributed by atoms with Gasteiger partial charge in [0.25, 0.3) is 23.6 Å². The molecule has 0 bridgehead atoms. The second kappa shape index (κ2) is 38.9. The van der Waals surface area contributed by atoms with Crippen molar-refractivity contribution in [3.63, 3.8) is 0 Å². The number of esters is 4. The highest BCUT2D eigenvalue weighted by molar-refractivity contribution is 6.45. The summed E-state index contributed by atoms with van der Waals surface area (Å²) in [6.07, 6.45) is -1.38. The van der Waals surface area contributed by atoms with Crippen LogP contribution in [0.1, 0.15) is 287 Å². The predicted octanol–water partition coefficient (Wildman–Crippen LogP) is 23.7. The van der Waals surface area contributed by atoms with Gasteiger partial charge < -0.3 is 47.7 Å². The molecule has 15 rings (SSSR count). The zero-order valence-corrected chi connectivity index (χ0v) is 78.0. The number of rotatable bonds is 30. The predicted molar refractivity (Wildman–Crippen MR) is 502 cm³/mol. The maximum Gasteiger partial charge on any atom is 0.391 e. The molecule has 4 aliphatic carbocycles. The van der Waals surface area contributed by atoms with Crippen LogP contribution in [0.4, 0.5) is 13.2 Å². The van der Waals surface area contributed by atoms with Crippen molar-refractivity contribution in [1.29, 1.82) is 0 Å². The molecule has 9 aromatic rings. The van der Waals surface area contributed by atoms with Crippen molar-refractivity contribution in [1.82, 2.24) is 19.6 Å². The Kier molecular flexibility index (Phi) is 27.8. The molecule has 9 aromatic carbocycles. The topological polar surface area (TPSA) is 258 Å². The van der Waals surface area contributed by atoms with Crippen molar-refractivity contribution < 1.29 is 99.0 Å². The van der Waals surface area contributed by atoms with Gasteiger partial charge in [-0.1, -0.05) is 137 Å². The number of alkyl halides is 3. The first-order valence-corrected chi connectivity index (χ1v) is 46.7. The molecule has 2 heterocycles. The zero-order chi connectivity index (χ0) is 95.4. The van der Waals surface area contributed by atoms with Gasteiger partial charge in [0.2, 0.25) is 11.8 Å². The molecule has 0 N–H and O–H groups in total. The van der Waals surface area contributed by atoms with Crippen LogP contribution in [0, 0.1) is 27.7 Å². The second-order valence-electron chi connectivity index (χ2n) is 37.9. The highest BCUT2D eigenvalue weighted by atomic mass is 19.4. The third-order valence-corrected chi connectivity index (χ3v) is 27.6. The first-order valence-electron chi connectivity index (χ1n) is 46.7. The molecule has 4 saturated carbocycles. The summed E-state index contributed by atoms with van der Waals surface area (Å²) in [5.41, 5.74) is 5.15. The van der Waals surface area contributed by atoms with Crippen molar-refractivity contribution in [3.05, 3.63) is 214 Å². The maximum atomic E-state index is 17.2. The molecular formula is C108H117F3N4O18. The van der Waals surface area contributed by atoms with Crippen LogP contribution in [0.5, 0.6) is 46.0 Å². The average Bonchev–Trinajstić information content (AvgIpc) is 0.668. The fraction of sp³-hybridized carbons (Fsp3) is 0.426. The minimum atomic E-state index is -5.28. The minimum Gasteiger partial charge on any atom is -0.459 e. The molecule has 2 aliphatic heterocycles. The lowest BCUT2D eigenvalue weighted by Gasteiger charge is -2.46. The van der Waals surface area contributed by atoms with Crippen LogP contribution in [0.3, 0.4) is 0 Å². The van der Waals surface area contributed by atoms with Gasteiger partial charge in [0.1, 0.15) is 82.5 Å². The van der Waals surface area contributed by atoms with Crippen LogP contribution in [0.15, 0.2) is 148 Å². The van der Waals surface area contributed by atoms with E-state index in [0.717, 1.165) is 51.5 Å². The van der Waals surface area contributed by atoms with E-state index in [0.29, 0.717) is 91.4 Å². The molecule has 0 spiro atoms. The average molecular weight is 1820 g/mol. The van der Waals surface area contributed by atoms with Gasteiger partial charge in [-0.2, -0.15) is 13.2 Å². The van der Waals surface area contributed by atoms with Gasteiger partial charge in [-0.25, -0.2) is 19.2 Å². The Morgan fingerprint density at radius 3 is 0.820 bits per heavy atom. The Bertz CT molecular complexity index is 5890. The van der Waals surface area contributed by atoms with Crippen LogP contribution in [0.2, 0.25) is 0 Å². The van der Waals surface area contributed by atoms with E-state index in [1.807, 2.05) is 132 Å². The van der Waals surface area contributed by atoms with E-state index in [1.54, 1.807) is 36.1 Å². The number of nitrogens with zero attached hydrogens (tertiary/aromatic N) is 4. The summed E-state index contributed by atoms with van der Waals surface area (Å²) in [6, 6.07) is 20.9. The Balaban J connectivity index is 1.06. The van der Waals surface area contributed by atoms with E-state index in [4.69, 9.17) is 37.9 Å². The molecule has 0 aromatic heterocycles. The largest absolute Gasteiger partial charge is 0.459 e. The van der Waals surface area contributed by atoms with Crippen LogP contribution in [-0.2, 0) is 47.7 Å². The van der Waals surface area contributed by atoms with E-state index in [9.17, 15) is 19.2 Å². The number of fused-ring (bicyclic) bond motifs is 2. The normalized spacial score (nSPS) is 20.3. The number of hydrogen-bond donors (Lipinski definition) is 0. The molecule has 22 nitrogen and oxygen atoms in total. The van der Waals surface area contributed by atoms with Gasteiger partial charge >= 0.3 is 30.1 Å². The number of ether oxygens (including phenoxy) is 8. The number of benzene rings is 9. The third kappa shape index (κ3) is 19.0. The number of amides is 6. The quantitative estimate of drug-likeness (QED) is 0.0101. The number of imide groups is 2. The van der Waals surface area contributed by atoms with Gasteiger partial charge in [-0.05, 0) is 228 Å².